The largest absolute Gasteiger partial charge is 0.492 e. The molecule has 1 aromatic rings. The lowest BCUT2D eigenvalue weighted by Gasteiger charge is -2.15. The highest BCUT2D eigenvalue weighted by Crippen LogP contribution is 2.23. The van der Waals surface area contributed by atoms with Gasteiger partial charge in [0.15, 0.2) is 0 Å². The Morgan fingerprint density at radius 1 is 1.40 bits per heavy atom. The highest BCUT2D eigenvalue weighted by atomic mass is 35.5. The van der Waals surface area contributed by atoms with Gasteiger partial charge in [0.25, 0.3) is 0 Å². The van der Waals surface area contributed by atoms with Gasteiger partial charge in [-0.2, -0.15) is 0 Å². The molecule has 0 spiro atoms. The fourth-order valence-corrected chi connectivity index (χ4v) is 1.64. The van der Waals surface area contributed by atoms with E-state index in [9.17, 15) is 0 Å². The summed E-state index contributed by atoms with van der Waals surface area (Å²) in [4.78, 5) is 0. The van der Waals surface area contributed by atoms with E-state index in [0.29, 0.717) is 24.1 Å². The van der Waals surface area contributed by atoms with Gasteiger partial charge in [0.2, 0.25) is 0 Å². The van der Waals surface area contributed by atoms with Crippen LogP contribution in [0.25, 0.3) is 0 Å². The molecule has 84 valence electrons. The first-order chi connectivity index (χ1) is 7.27. The maximum Gasteiger partial charge on any atom is 0.137 e. The van der Waals surface area contributed by atoms with Gasteiger partial charge >= 0.3 is 0 Å². The van der Waals surface area contributed by atoms with E-state index in [1.54, 1.807) is 0 Å². The Morgan fingerprint density at radius 2 is 2.13 bits per heavy atom. The number of hydrogen-bond donors (Lipinski definition) is 1. The van der Waals surface area contributed by atoms with Crippen LogP contribution in [0.4, 0.5) is 0 Å². The van der Waals surface area contributed by atoms with Gasteiger partial charge in [-0.25, -0.2) is 0 Å². The average molecular weight is 228 g/mol. The molecule has 0 heterocycles. The summed E-state index contributed by atoms with van der Waals surface area (Å²) in [6.07, 6.45) is 2.23. The fourth-order valence-electron chi connectivity index (χ4n) is 1.45. The molecule has 2 nitrogen and oxygen atoms in total. The van der Waals surface area contributed by atoms with Crippen LogP contribution in [0.15, 0.2) is 24.3 Å². The third-order valence-corrected chi connectivity index (χ3v) is 2.65. The summed E-state index contributed by atoms with van der Waals surface area (Å²) in [5.41, 5.74) is 5.65. The van der Waals surface area contributed by atoms with Crippen LogP contribution in [0.2, 0.25) is 5.02 Å². The molecule has 0 fully saturated rings. The molecule has 1 atom stereocenters. The van der Waals surface area contributed by atoms with Gasteiger partial charge < -0.3 is 10.5 Å². The van der Waals surface area contributed by atoms with E-state index >= 15 is 0 Å². The maximum absolute atomic E-state index is 5.97. The standard InChI is InChI=1S/C12H18ClNO/c1-2-5-10(8-14)9-15-12-7-4-3-6-11(12)13/h3-4,6-7,10H,2,5,8-9,14H2,1H3. The van der Waals surface area contributed by atoms with Crippen LogP contribution in [-0.4, -0.2) is 13.2 Å². The van der Waals surface area contributed by atoms with Gasteiger partial charge in [-0.1, -0.05) is 37.1 Å². The molecule has 0 saturated heterocycles. The van der Waals surface area contributed by atoms with E-state index in [1.165, 1.54) is 0 Å². The second kappa shape index (κ2) is 6.70. The zero-order valence-corrected chi connectivity index (χ0v) is 9.83. The van der Waals surface area contributed by atoms with Crippen LogP contribution < -0.4 is 10.5 Å². The Hall–Kier alpha value is -0.730. The number of benzene rings is 1. The lowest BCUT2D eigenvalue weighted by atomic mass is 10.1. The molecular weight excluding hydrogens is 210 g/mol. The van der Waals surface area contributed by atoms with Crippen LogP contribution in [0.3, 0.4) is 0 Å². The van der Waals surface area contributed by atoms with Crippen molar-refractivity contribution in [3.63, 3.8) is 0 Å². The van der Waals surface area contributed by atoms with Crippen molar-refractivity contribution in [1.82, 2.24) is 0 Å². The van der Waals surface area contributed by atoms with Crippen LogP contribution in [0.5, 0.6) is 5.75 Å². The molecule has 0 aromatic heterocycles. The molecule has 1 aromatic carbocycles. The highest BCUT2D eigenvalue weighted by Gasteiger charge is 2.07. The second-order valence-electron chi connectivity index (χ2n) is 3.63. The van der Waals surface area contributed by atoms with Crippen molar-refractivity contribution in [3.05, 3.63) is 29.3 Å². The molecule has 2 N–H and O–H groups in total. The van der Waals surface area contributed by atoms with Gasteiger partial charge in [-0.15, -0.1) is 0 Å². The number of ether oxygens (including phenoxy) is 1. The Kier molecular flexibility index (Phi) is 5.51. The molecule has 0 aliphatic carbocycles. The summed E-state index contributed by atoms with van der Waals surface area (Å²) in [7, 11) is 0. The van der Waals surface area contributed by atoms with E-state index in [0.717, 1.165) is 18.6 Å². The fraction of sp³-hybridized carbons (Fsp3) is 0.500. The summed E-state index contributed by atoms with van der Waals surface area (Å²) in [5.74, 6) is 1.17. The lowest BCUT2D eigenvalue weighted by molar-refractivity contribution is 0.243. The molecule has 0 aliphatic rings. The number of para-hydroxylation sites is 1. The minimum atomic E-state index is 0.422. The monoisotopic (exact) mass is 227 g/mol. The van der Waals surface area contributed by atoms with Crippen molar-refractivity contribution in [3.8, 4) is 5.75 Å². The van der Waals surface area contributed by atoms with Crippen molar-refractivity contribution < 1.29 is 4.74 Å². The maximum atomic E-state index is 5.97. The first-order valence-electron chi connectivity index (χ1n) is 5.35. The predicted octanol–water partition coefficient (Wildman–Crippen LogP) is 3.09. The summed E-state index contributed by atoms with van der Waals surface area (Å²) in [6.45, 7) is 3.46. The third kappa shape index (κ3) is 4.10. The lowest BCUT2D eigenvalue weighted by Crippen LogP contribution is -2.21. The molecule has 0 bridgehead atoms. The van der Waals surface area contributed by atoms with E-state index in [2.05, 4.69) is 6.92 Å². The minimum absolute atomic E-state index is 0.422. The molecule has 3 heteroatoms. The Labute approximate surface area is 96.4 Å². The predicted molar refractivity (Wildman–Crippen MR) is 64.4 cm³/mol. The number of hydrogen-bond acceptors (Lipinski definition) is 2. The van der Waals surface area contributed by atoms with Crippen molar-refractivity contribution in [2.24, 2.45) is 11.7 Å². The summed E-state index contributed by atoms with van der Waals surface area (Å²) >= 11 is 5.97. The quantitative estimate of drug-likeness (QED) is 0.811. The van der Waals surface area contributed by atoms with E-state index in [1.807, 2.05) is 24.3 Å². The molecular formula is C12H18ClNO. The van der Waals surface area contributed by atoms with Crippen LogP contribution in [-0.2, 0) is 0 Å². The van der Waals surface area contributed by atoms with E-state index in [-0.39, 0.29) is 0 Å². The third-order valence-electron chi connectivity index (χ3n) is 2.34. The van der Waals surface area contributed by atoms with E-state index < -0.39 is 0 Å². The first-order valence-corrected chi connectivity index (χ1v) is 5.73. The molecule has 1 rings (SSSR count). The van der Waals surface area contributed by atoms with Crippen LogP contribution in [0.1, 0.15) is 19.8 Å². The van der Waals surface area contributed by atoms with Crippen LogP contribution >= 0.6 is 11.6 Å². The van der Waals surface area contributed by atoms with Crippen molar-refractivity contribution in [2.75, 3.05) is 13.2 Å². The van der Waals surface area contributed by atoms with Gasteiger partial charge in [-0.05, 0) is 25.1 Å². The Balaban J connectivity index is 2.45. The number of halogens is 1. The van der Waals surface area contributed by atoms with Crippen molar-refractivity contribution in [2.45, 2.75) is 19.8 Å². The van der Waals surface area contributed by atoms with Gasteiger partial charge in [0.1, 0.15) is 5.75 Å². The molecule has 0 radical (unpaired) electrons. The average Bonchev–Trinajstić information content (AvgIpc) is 2.26. The van der Waals surface area contributed by atoms with Crippen molar-refractivity contribution in [1.29, 1.82) is 0 Å². The minimum Gasteiger partial charge on any atom is -0.492 e. The van der Waals surface area contributed by atoms with Gasteiger partial charge in [0, 0.05) is 5.92 Å². The molecule has 1 unspecified atom stereocenters. The molecule has 0 saturated carbocycles. The zero-order valence-electron chi connectivity index (χ0n) is 9.08. The Morgan fingerprint density at radius 3 is 2.73 bits per heavy atom. The molecule has 0 amide bonds. The summed E-state index contributed by atoms with van der Waals surface area (Å²) < 4.78 is 5.63. The summed E-state index contributed by atoms with van der Waals surface area (Å²) in [6, 6.07) is 7.51. The smallest absolute Gasteiger partial charge is 0.137 e. The van der Waals surface area contributed by atoms with E-state index in [4.69, 9.17) is 22.1 Å². The first kappa shape index (κ1) is 12.3. The highest BCUT2D eigenvalue weighted by molar-refractivity contribution is 6.32. The van der Waals surface area contributed by atoms with Crippen molar-refractivity contribution >= 4 is 11.6 Å². The second-order valence-corrected chi connectivity index (χ2v) is 4.04. The number of nitrogens with two attached hydrogens (primary N) is 1. The van der Waals surface area contributed by atoms with Crippen LogP contribution in [0, 0.1) is 5.92 Å². The SMILES string of the molecule is CCCC(CN)COc1ccccc1Cl. The summed E-state index contributed by atoms with van der Waals surface area (Å²) in [5, 5.41) is 0.657. The zero-order chi connectivity index (χ0) is 11.1. The molecule has 0 aliphatic heterocycles. The Bertz CT molecular complexity index is 291. The van der Waals surface area contributed by atoms with Gasteiger partial charge in [0.05, 0.1) is 11.6 Å². The van der Waals surface area contributed by atoms with Gasteiger partial charge in [-0.3, -0.25) is 0 Å². The normalized spacial score (nSPS) is 12.5. The number of rotatable bonds is 6. The topological polar surface area (TPSA) is 35.2 Å². The molecule has 15 heavy (non-hydrogen) atoms.